The van der Waals surface area contributed by atoms with Crippen molar-refractivity contribution in [3.8, 4) is 11.5 Å². The van der Waals surface area contributed by atoms with E-state index in [-0.39, 0.29) is 18.5 Å². The molecule has 2 aromatic rings. The number of anilines is 1. The first-order valence-electron chi connectivity index (χ1n) is 7.24. The Hall–Kier alpha value is -2.87. The first-order valence-corrected chi connectivity index (χ1v) is 7.65. The lowest BCUT2D eigenvalue weighted by atomic mass is 10.1. The normalized spacial score (nSPS) is 13.2. The van der Waals surface area contributed by atoms with Crippen LogP contribution in [0.5, 0.6) is 11.5 Å². The number of hydrogen-bond acceptors (Lipinski definition) is 5. The molecule has 0 spiro atoms. The van der Waals surface area contributed by atoms with E-state index in [0.29, 0.717) is 10.8 Å². The van der Waals surface area contributed by atoms with E-state index in [1.54, 1.807) is 12.1 Å². The number of nitro benzene ring substituents is 1. The van der Waals surface area contributed by atoms with Gasteiger partial charge in [-0.3, -0.25) is 10.1 Å². The van der Waals surface area contributed by atoms with Gasteiger partial charge in [0.25, 0.3) is 5.69 Å². The van der Waals surface area contributed by atoms with E-state index >= 15 is 0 Å². The predicted molar refractivity (Wildman–Crippen MR) is 93.4 cm³/mol. The fraction of sp³-hybridized carbons (Fsp3) is 0.188. The maximum absolute atomic E-state index is 10.6. The second-order valence-electron chi connectivity index (χ2n) is 5.24. The van der Waals surface area contributed by atoms with Gasteiger partial charge in [-0.25, -0.2) is 0 Å². The highest BCUT2D eigenvalue weighted by atomic mass is 32.1. The summed E-state index contributed by atoms with van der Waals surface area (Å²) < 4.78 is 10.7. The molecule has 0 bridgehead atoms. The minimum Gasteiger partial charge on any atom is -0.454 e. The van der Waals surface area contributed by atoms with Crippen LogP contribution in [0.15, 0.2) is 42.5 Å². The van der Waals surface area contributed by atoms with Crippen molar-refractivity contribution >= 4 is 28.7 Å². The molecule has 1 heterocycles. The van der Waals surface area contributed by atoms with Gasteiger partial charge in [-0.2, -0.15) is 0 Å². The number of nitrogens with one attached hydrogen (secondary N) is 2. The van der Waals surface area contributed by atoms with Gasteiger partial charge in [-0.15, -0.1) is 0 Å². The summed E-state index contributed by atoms with van der Waals surface area (Å²) in [7, 11) is 0. The van der Waals surface area contributed by atoms with E-state index in [9.17, 15) is 10.1 Å². The molecule has 0 radical (unpaired) electrons. The lowest BCUT2D eigenvalue weighted by Gasteiger charge is -2.17. The van der Waals surface area contributed by atoms with Crippen molar-refractivity contribution < 1.29 is 14.4 Å². The molecule has 1 aliphatic rings. The van der Waals surface area contributed by atoms with Crippen LogP contribution in [-0.2, 0) is 0 Å². The molecule has 2 aromatic carbocycles. The number of nitrogens with zero attached hydrogens (tertiary/aromatic N) is 1. The van der Waals surface area contributed by atoms with E-state index in [1.807, 2.05) is 25.1 Å². The Bertz CT molecular complexity index is 779. The molecule has 0 amide bonds. The fourth-order valence-corrected chi connectivity index (χ4v) is 2.59. The third-order valence-electron chi connectivity index (χ3n) is 3.58. The average molecular weight is 345 g/mol. The molecule has 0 aliphatic carbocycles. The Morgan fingerprint density at radius 1 is 1.21 bits per heavy atom. The van der Waals surface area contributed by atoms with Crippen molar-refractivity contribution in [2.45, 2.75) is 13.0 Å². The minimum absolute atomic E-state index is 0.0353. The quantitative estimate of drug-likeness (QED) is 0.499. The van der Waals surface area contributed by atoms with Crippen LogP contribution in [0.3, 0.4) is 0 Å². The van der Waals surface area contributed by atoms with E-state index < -0.39 is 4.92 Å². The molecule has 0 saturated carbocycles. The topological polar surface area (TPSA) is 85.7 Å². The van der Waals surface area contributed by atoms with E-state index in [4.69, 9.17) is 21.7 Å². The molecule has 2 N–H and O–H groups in total. The van der Waals surface area contributed by atoms with E-state index in [1.165, 1.54) is 12.1 Å². The third kappa shape index (κ3) is 3.54. The zero-order chi connectivity index (χ0) is 17.1. The molecule has 1 aliphatic heterocycles. The molecule has 124 valence electrons. The van der Waals surface area contributed by atoms with Crippen molar-refractivity contribution in [3.05, 3.63) is 58.1 Å². The van der Waals surface area contributed by atoms with Crippen molar-refractivity contribution in [2.24, 2.45) is 0 Å². The second kappa shape index (κ2) is 6.71. The molecule has 0 saturated heterocycles. The van der Waals surface area contributed by atoms with Gasteiger partial charge < -0.3 is 20.1 Å². The summed E-state index contributed by atoms with van der Waals surface area (Å²) in [5.41, 5.74) is 1.72. The Morgan fingerprint density at radius 3 is 2.62 bits per heavy atom. The number of non-ortho nitro benzene ring substituents is 1. The second-order valence-corrected chi connectivity index (χ2v) is 5.65. The zero-order valence-corrected chi connectivity index (χ0v) is 13.6. The Labute approximate surface area is 143 Å². The van der Waals surface area contributed by atoms with Gasteiger partial charge in [-0.05, 0) is 49.0 Å². The van der Waals surface area contributed by atoms with Crippen LogP contribution in [0.4, 0.5) is 11.4 Å². The smallest absolute Gasteiger partial charge is 0.269 e. The monoisotopic (exact) mass is 345 g/mol. The molecule has 1 atom stereocenters. The van der Waals surface area contributed by atoms with Gasteiger partial charge in [0.15, 0.2) is 16.6 Å². The number of benzene rings is 2. The molecule has 0 aromatic heterocycles. The van der Waals surface area contributed by atoms with E-state index in [0.717, 1.165) is 17.1 Å². The van der Waals surface area contributed by atoms with Gasteiger partial charge in [0.1, 0.15) is 0 Å². The third-order valence-corrected chi connectivity index (χ3v) is 3.80. The lowest BCUT2D eigenvalue weighted by Crippen LogP contribution is -2.30. The zero-order valence-electron chi connectivity index (χ0n) is 12.8. The number of nitro groups is 1. The average Bonchev–Trinajstić information content (AvgIpc) is 3.02. The highest BCUT2D eigenvalue weighted by Gasteiger charge is 2.16. The summed E-state index contributed by atoms with van der Waals surface area (Å²) in [5, 5.41) is 17.2. The molecule has 7 nitrogen and oxygen atoms in total. The molecule has 0 fully saturated rings. The first kappa shape index (κ1) is 16.0. The molecule has 1 unspecified atom stereocenters. The summed E-state index contributed by atoms with van der Waals surface area (Å²) >= 11 is 5.28. The number of thiocarbonyl (C=S) groups is 1. The number of ether oxygens (including phenoxy) is 2. The number of hydrogen-bond donors (Lipinski definition) is 2. The summed E-state index contributed by atoms with van der Waals surface area (Å²) in [6.45, 7) is 2.21. The van der Waals surface area contributed by atoms with Gasteiger partial charge in [-0.1, -0.05) is 6.07 Å². The Kier molecular flexibility index (Phi) is 4.48. The maximum atomic E-state index is 10.6. The Balaban J connectivity index is 1.60. The standard InChI is InChI=1S/C16H15N3O4S/c1-10(11-2-7-14-15(8-11)23-9-22-14)17-16(24)18-12-3-5-13(6-4-12)19(20)21/h2-8,10H,9H2,1H3,(H2,17,18,24). The Morgan fingerprint density at radius 2 is 1.92 bits per heavy atom. The van der Waals surface area contributed by atoms with Crippen LogP contribution in [0.25, 0.3) is 0 Å². The van der Waals surface area contributed by atoms with Gasteiger partial charge in [0, 0.05) is 17.8 Å². The van der Waals surface area contributed by atoms with Crippen LogP contribution in [0.2, 0.25) is 0 Å². The summed E-state index contributed by atoms with van der Waals surface area (Å²) in [6, 6.07) is 11.7. The summed E-state index contributed by atoms with van der Waals surface area (Å²) in [5.74, 6) is 1.45. The number of rotatable bonds is 4. The minimum atomic E-state index is -0.442. The highest BCUT2D eigenvalue weighted by Crippen LogP contribution is 2.34. The van der Waals surface area contributed by atoms with Crippen LogP contribution in [0, 0.1) is 10.1 Å². The van der Waals surface area contributed by atoms with Crippen molar-refractivity contribution in [2.75, 3.05) is 12.1 Å². The summed E-state index contributed by atoms with van der Waals surface area (Å²) in [6.07, 6.45) is 0. The lowest BCUT2D eigenvalue weighted by molar-refractivity contribution is -0.384. The largest absolute Gasteiger partial charge is 0.454 e. The fourth-order valence-electron chi connectivity index (χ4n) is 2.30. The van der Waals surface area contributed by atoms with Crippen molar-refractivity contribution in [1.82, 2.24) is 5.32 Å². The van der Waals surface area contributed by atoms with Crippen LogP contribution in [0.1, 0.15) is 18.5 Å². The van der Waals surface area contributed by atoms with E-state index in [2.05, 4.69) is 10.6 Å². The van der Waals surface area contributed by atoms with Gasteiger partial charge in [0.05, 0.1) is 11.0 Å². The van der Waals surface area contributed by atoms with Gasteiger partial charge >= 0.3 is 0 Å². The molecular formula is C16H15N3O4S. The molecular weight excluding hydrogens is 330 g/mol. The molecule has 3 rings (SSSR count). The van der Waals surface area contributed by atoms with Gasteiger partial charge in [0.2, 0.25) is 6.79 Å². The predicted octanol–water partition coefficient (Wildman–Crippen LogP) is 3.37. The van der Waals surface area contributed by atoms with Crippen LogP contribution >= 0.6 is 12.2 Å². The SMILES string of the molecule is CC(NC(=S)Nc1ccc([N+](=O)[O-])cc1)c1ccc2c(c1)OCO2. The maximum Gasteiger partial charge on any atom is 0.269 e. The van der Waals surface area contributed by atoms with Crippen molar-refractivity contribution in [1.29, 1.82) is 0 Å². The molecule has 24 heavy (non-hydrogen) atoms. The molecule has 8 heteroatoms. The first-order chi connectivity index (χ1) is 11.5. The summed E-state index contributed by atoms with van der Waals surface area (Å²) in [4.78, 5) is 10.2. The van der Waals surface area contributed by atoms with Crippen LogP contribution < -0.4 is 20.1 Å². The highest BCUT2D eigenvalue weighted by molar-refractivity contribution is 7.80. The number of fused-ring (bicyclic) bond motifs is 1. The van der Waals surface area contributed by atoms with Crippen molar-refractivity contribution in [3.63, 3.8) is 0 Å². The van der Waals surface area contributed by atoms with Crippen LogP contribution in [-0.4, -0.2) is 16.8 Å².